The van der Waals surface area contributed by atoms with Gasteiger partial charge in [-0.25, -0.2) is 29.5 Å². The summed E-state index contributed by atoms with van der Waals surface area (Å²) in [6.45, 7) is 9.86. The number of nitrogens with one attached hydrogen (secondary N) is 1. The minimum absolute atomic E-state index is 0. The highest BCUT2D eigenvalue weighted by atomic mass is 35.5. The van der Waals surface area contributed by atoms with E-state index < -0.39 is 5.97 Å². The maximum atomic E-state index is 11.7. The number of para-hydroxylation sites is 2. The number of esters is 1. The van der Waals surface area contributed by atoms with Gasteiger partial charge in [-0.05, 0) is 62.8 Å². The normalized spacial score (nSPS) is 14.8. The fourth-order valence-corrected chi connectivity index (χ4v) is 8.15. The third-order valence-electron chi connectivity index (χ3n) is 11.4. The molecular formula is C44H56ClN10O4+. The third-order valence-corrected chi connectivity index (χ3v) is 11.4. The molecule has 2 aromatic carbocycles. The highest BCUT2D eigenvalue weighted by Gasteiger charge is 2.24. The number of benzene rings is 2. The molecule has 59 heavy (non-hydrogen) atoms. The van der Waals surface area contributed by atoms with Crippen molar-refractivity contribution < 1.29 is 24.7 Å². The van der Waals surface area contributed by atoms with E-state index in [2.05, 4.69) is 125 Å². The van der Waals surface area contributed by atoms with Crippen molar-refractivity contribution in [2.75, 3.05) is 55.7 Å². The van der Waals surface area contributed by atoms with Crippen molar-refractivity contribution in [3.05, 3.63) is 108 Å². The largest absolute Gasteiger partial charge is 0.478 e. The van der Waals surface area contributed by atoms with Gasteiger partial charge in [0.2, 0.25) is 11.9 Å². The van der Waals surface area contributed by atoms with E-state index in [1.54, 1.807) is 19.3 Å². The van der Waals surface area contributed by atoms with Gasteiger partial charge in [0.1, 0.15) is 6.54 Å². The first-order valence-corrected chi connectivity index (χ1v) is 20.4. The fraction of sp³-hybridized carbons (Fsp3) is 0.409. The second kappa shape index (κ2) is 20.4. The zero-order chi connectivity index (χ0) is 40.4. The number of carbonyl (C=O) groups is 2. The van der Waals surface area contributed by atoms with Crippen LogP contribution in [0.2, 0.25) is 0 Å². The molecule has 0 bridgehead atoms. The lowest BCUT2D eigenvalue weighted by atomic mass is 9.97. The molecule has 15 heteroatoms. The van der Waals surface area contributed by atoms with Crippen LogP contribution in [0.3, 0.4) is 0 Å². The Morgan fingerprint density at radius 3 is 1.78 bits per heavy atom. The van der Waals surface area contributed by atoms with Crippen molar-refractivity contribution in [3.8, 4) is 0 Å². The van der Waals surface area contributed by atoms with Crippen LogP contribution in [0, 0.1) is 11.8 Å². The van der Waals surface area contributed by atoms with Gasteiger partial charge in [0.25, 0.3) is 0 Å². The van der Waals surface area contributed by atoms with E-state index in [4.69, 9.17) is 9.84 Å². The first kappa shape index (κ1) is 43.0. The number of fused-ring (bicyclic) bond motifs is 2. The van der Waals surface area contributed by atoms with Crippen LogP contribution in [0.15, 0.2) is 85.7 Å². The molecular weight excluding hydrogens is 768 g/mol. The van der Waals surface area contributed by atoms with Gasteiger partial charge >= 0.3 is 11.9 Å². The lowest BCUT2D eigenvalue weighted by Crippen LogP contribution is -2.84. The van der Waals surface area contributed by atoms with Crippen molar-refractivity contribution in [1.82, 2.24) is 34.4 Å². The summed E-state index contributed by atoms with van der Waals surface area (Å²) >= 11 is 0. The van der Waals surface area contributed by atoms with Gasteiger partial charge in [-0.15, -0.1) is 12.4 Å². The van der Waals surface area contributed by atoms with Crippen molar-refractivity contribution in [1.29, 1.82) is 0 Å². The molecule has 0 unspecified atom stereocenters. The molecule has 0 spiro atoms. The van der Waals surface area contributed by atoms with Gasteiger partial charge in [0.05, 0.1) is 24.3 Å². The average Bonchev–Trinajstić information content (AvgIpc) is 3.76. The molecule has 2 fully saturated rings. The van der Waals surface area contributed by atoms with Crippen LogP contribution in [0.5, 0.6) is 0 Å². The van der Waals surface area contributed by atoms with Crippen LogP contribution in [-0.4, -0.2) is 92.0 Å². The minimum atomic E-state index is -0.998. The van der Waals surface area contributed by atoms with Gasteiger partial charge in [-0.3, -0.25) is 0 Å². The molecule has 4 aromatic heterocycles. The summed E-state index contributed by atoms with van der Waals surface area (Å²) in [5, 5.41) is 17.7. The van der Waals surface area contributed by atoms with E-state index in [-0.39, 0.29) is 23.9 Å². The molecule has 0 radical (unpaired) electrons. The molecule has 0 aliphatic carbocycles. The summed E-state index contributed by atoms with van der Waals surface area (Å²) in [5.41, 5.74) is 5.82. The van der Waals surface area contributed by atoms with Gasteiger partial charge < -0.3 is 39.4 Å². The van der Waals surface area contributed by atoms with E-state index in [1.807, 2.05) is 0 Å². The molecule has 2 saturated heterocycles. The summed E-state index contributed by atoms with van der Waals surface area (Å²) in [6, 6.07) is 17.1. The summed E-state index contributed by atoms with van der Waals surface area (Å²) in [5.74, 6) is 1.28. The molecule has 4 N–H and O–H groups in total. The highest BCUT2D eigenvalue weighted by Crippen LogP contribution is 2.24. The topological polar surface area (TPSA) is 160 Å². The van der Waals surface area contributed by atoms with Crippen LogP contribution < -0.4 is 20.4 Å². The number of aromatic carboxylic acids is 1. The summed E-state index contributed by atoms with van der Waals surface area (Å²) < 4.78 is 9.38. The first-order chi connectivity index (χ1) is 28.3. The van der Waals surface area contributed by atoms with Crippen molar-refractivity contribution >= 4 is 58.0 Å². The molecule has 2 aliphatic rings. The number of quaternary nitrogens is 1. The number of carbonyl (C=O) groups excluding carboxylic acids is 1. The number of rotatable bonds is 13. The van der Waals surface area contributed by atoms with Crippen LogP contribution in [-0.2, 0) is 31.9 Å². The number of aromatic nitrogens is 6. The number of nitrogens with zero attached hydrogens (tertiary/aromatic N) is 8. The van der Waals surface area contributed by atoms with Gasteiger partial charge in [-0.2, -0.15) is 0 Å². The average molecular weight is 824 g/mol. The number of ether oxygens (including phenoxy) is 1. The number of anilines is 2. The van der Waals surface area contributed by atoms with Crippen LogP contribution in [0.4, 0.5) is 11.9 Å². The predicted molar refractivity (Wildman–Crippen MR) is 232 cm³/mol. The van der Waals surface area contributed by atoms with Gasteiger partial charge in [-0.1, -0.05) is 36.4 Å². The Hall–Kier alpha value is -5.57. The Balaban J connectivity index is 0.000000195. The minimum Gasteiger partial charge on any atom is -0.478 e. The molecule has 312 valence electrons. The number of carboxylic acid groups (broad SMARTS) is 1. The molecule has 6 heterocycles. The number of halogens is 1. The zero-order valence-corrected chi connectivity index (χ0v) is 35.0. The monoisotopic (exact) mass is 823 g/mol. The lowest BCUT2D eigenvalue weighted by molar-refractivity contribution is -0.676. The quantitative estimate of drug-likeness (QED) is 0.131. The van der Waals surface area contributed by atoms with E-state index in [1.165, 1.54) is 45.3 Å². The van der Waals surface area contributed by atoms with Crippen molar-refractivity contribution in [3.63, 3.8) is 0 Å². The van der Waals surface area contributed by atoms with Gasteiger partial charge in [0.15, 0.2) is 0 Å². The Morgan fingerprint density at radius 1 is 0.746 bits per heavy atom. The summed E-state index contributed by atoms with van der Waals surface area (Å²) in [7, 11) is 4.20. The summed E-state index contributed by atoms with van der Waals surface area (Å²) in [6.07, 6.45) is 14.8. The predicted octanol–water partition coefficient (Wildman–Crippen LogP) is 5.22. The standard InChI is InChI=1S/C23H29N5O2.C21H25N5O2.ClH/c1-3-30-22(29)18-14-25-23(26-15-18)28-10-8-17(9-11-28)12-24-13-19-16-27(2)21-7-5-4-6-20(19)21;1-25-14-17(18-4-2-3-5-19(18)25)11-22-10-15-6-8-26(9-7-15)21-23-12-16(13-24-21)20(27)28;/h4-7,14-17,24H,3,8-13H2,1-2H3;2-5,12-15,22H,6-11H2,1H3,(H,27,28);1H/p+1. The molecule has 8 rings (SSSR count). The Morgan fingerprint density at radius 2 is 1.24 bits per heavy atom. The Labute approximate surface area is 351 Å². The first-order valence-electron chi connectivity index (χ1n) is 20.4. The molecule has 6 aromatic rings. The van der Waals surface area contributed by atoms with Crippen molar-refractivity contribution in [2.24, 2.45) is 25.9 Å². The molecule has 0 saturated carbocycles. The van der Waals surface area contributed by atoms with Crippen molar-refractivity contribution in [2.45, 2.75) is 45.7 Å². The fourth-order valence-electron chi connectivity index (χ4n) is 8.15. The second-order valence-corrected chi connectivity index (χ2v) is 15.4. The molecule has 0 amide bonds. The lowest BCUT2D eigenvalue weighted by Gasteiger charge is -2.32. The molecule has 0 atom stereocenters. The van der Waals surface area contributed by atoms with Gasteiger partial charge in [0, 0.05) is 117 Å². The molecule has 14 nitrogen and oxygen atoms in total. The number of piperidine rings is 2. The Kier molecular flexibility index (Phi) is 14.9. The smallest absolute Gasteiger partial charge is 0.341 e. The molecule has 2 aliphatic heterocycles. The number of hydrogen-bond acceptors (Lipinski definition) is 10. The number of aryl methyl sites for hydroxylation is 2. The Bertz CT molecular complexity index is 2280. The number of hydrogen-bond donors (Lipinski definition) is 3. The number of carboxylic acids is 1. The number of nitrogens with two attached hydrogens (primary N) is 1. The van der Waals surface area contributed by atoms with Crippen LogP contribution in [0.1, 0.15) is 64.4 Å². The van der Waals surface area contributed by atoms with E-state index in [0.717, 1.165) is 78.0 Å². The highest BCUT2D eigenvalue weighted by molar-refractivity contribution is 5.89. The zero-order valence-electron chi connectivity index (χ0n) is 34.2. The van der Waals surface area contributed by atoms with Crippen LogP contribution >= 0.6 is 12.4 Å². The maximum Gasteiger partial charge on any atom is 0.341 e. The second-order valence-electron chi connectivity index (χ2n) is 15.4. The SMILES string of the molecule is CCOC(=O)c1cnc(N2CCC(C[NH2+]Cc3cn(C)c4ccccc34)CC2)nc1.Cl.Cn1cc(CNCC2CCN(c3ncc(C(=O)O)cn3)CC2)c2ccccc21. The van der Waals surface area contributed by atoms with E-state index in [9.17, 15) is 9.59 Å². The maximum absolute atomic E-state index is 11.7. The van der Waals surface area contributed by atoms with Crippen LogP contribution in [0.25, 0.3) is 21.8 Å². The summed E-state index contributed by atoms with van der Waals surface area (Å²) in [4.78, 5) is 44.1. The third kappa shape index (κ3) is 10.7. The van der Waals surface area contributed by atoms with E-state index in [0.29, 0.717) is 35.9 Å². The van der Waals surface area contributed by atoms with E-state index >= 15 is 0 Å².